The van der Waals surface area contributed by atoms with E-state index in [-0.39, 0.29) is 5.76 Å². The average molecular weight is 246 g/mol. The van der Waals surface area contributed by atoms with Crippen LogP contribution in [-0.4, -0.2) is 42.5 Å². The first-order valence-electron chi connectivity index (χ1n) is 5.41. The van der Waals surface area contributed by atoms with Crippen LogP contribution in [0.5, 0.6) is 0 Å². The highest BCUT2D eigenvalue weighted by Crippen LogP contribution is 2.42. The first kappa shape index (κ1) is 15.1. The van der Waals surface area contributed by atoms with E-state index in [0.717, 1.165) is 18.7 Å². The maximum atomic E-state index is 10.7. The molecule has 0 fully saturated rings. The molecule has 0 heterocycles. The van der Waals surface area contributed by atoms with E-state index in [1.807, 2.05) is 0 Å². The van der Waals surface area contributed by atoms with Gasteiger partial charge in [0.15, 0.2) is 0 Å². The van der Waals surface area contributed by atoms with Gasteiger partial charge in [-0.25, -0.2) is 4.79 Å². The molecule has 0 aliphatic carbocycles. The number of hydrogen-bond acceptors (Lipinski definition) is 2. The van der Waals surface area contributed by atoms with Gasteiger partial charge < -0.3 is 16.2 Å². The van der Waals surface area contributed by atoms with E-state index >= 15 is 0 Å². The molecular weight excluding hydrogens is 223 g/mol. The lowest BCUT2D eigenvalue weighted by atomic mass is 10.2. The van der Waals surface area contributed by atoms with E-state index in [9.17, 15) is 9.90 Å². The van der Waals surface area contributed by atoms with Crippen molar-refractivity contribution in [2.45, 2.75) is 25.8 Å². The highest BCUT2D eigenvalue weighted by Gasteiger charge is 2.16. The molecule has 0 bridgehead atoms. The summed E-state index contributed by atoms with van der Waals surface area (Å²) >= 11 is 0. The number of primary amides is 1. The van der Waals surface area contributed by atoms with Crippen molar-refractivity contribution >= 4 is 19.2 Å². The van der Waals surface area contributed by atoms with Crippen molar-refractivity contribution in [2.24, 2.45) is 5.73 Å². The Morgan fingerprint density at radius 1 is 1.56 bits per heavy atom. The summed E-state index contributed by atoms with van der Waals surface area (Å²) in [6, 6.07) is -1.09. The molecule has 0 rings (SSSR count). The first-order valence-corrected chi connectivity index (χ1v) is 8.20. The molecule has 0 radical (unpaired) electrons. The van der Waals surface area contributed by atoms with Gasteiger partial charge in [0.2, 0.25) is 0 Å². The third kappa shape index (κ3) is 6.57. The fourth-order valence-corrected chi connectivity index (χ4v) is 3.77. The number of aliphatic hydroxyl groups excluding tert-OH is 1. The average Bonchev–Trinajstić information content (AvgIpc) is 2.11. The van der Waals surface area contributed by atoms with Crippen LogP contribution in [0.1, 0.15) is 19.8 Å². The summed E-state index contributed by atoms with van der Waals surface area (Å²) in [6.45, 7) is 6.57. The van der Waals surface area contributed by atoms with Gasteiger partial charge in [0.1, 0.15) is 5.76 Å². The van der Waals surface area contributed by atoms with Gasteiger partial charge in [-0.05, 0) is 25.4 Å². The molecule has 94 valence electrons. The lowest BCUT2D eigenvalue weighted by Crippen LogP contribution is -2.40. The van der Waals surface area contributed by atoms with Gasteiger partial charge in [-0.2, -0.15) is 0 Å². The van der Waals surface area contributed by atoms with Gasteiger partial charge >= 0.3 is 6.03 Å². The Bertz CT molecular complexity index is 302. The number of amides is 2. The van der Waals surface area contributed by atoms with Gasteiger partial charge in [0, 0.05) is 0 Å². The lowest BCUT2D eigenvalue weighted by molar-refractivity contribution is 0.241. The minimum absolute atomic E-state index is 0.0460. The van der Waals surface area contributed by atoms with Crippen LogP contribution >= 0.6 is 6.89 Å². The monoisotopic (exact) mass is 246 g/mol. The van der Waals surface area contributed by atoms with E-state index in [1.165, 1.54) is 0 Å². The van der Waals surface area contributed by atoms with Crippen molar-refractivity contribution in [2.75, 3.05) is 19.0 Å². The molecule has 0 saturated heterocycles. The normalized spacial score (nSPS) is 16.1. The van der Waals surface area contributed by atoms with Crippen molar-refractivity contribution in [3.63, 3.8) is 0 Å². The Morgan fingerprint density at radius 2 is 2.12 bits per heavy atom. The first-order chi connectivity index (χ1) is 7.28. The Kier molecular flexibility index (Phi) is 6.27. The van der Waals surface area contributed by atoms with Crippen LogP contribution in [0, 0.1) is 0 Å². The second kappa shape index (κ2) is 6.64. The van der Waals surface area contributed by atoms with Crippen LogP contribution in [0.2, 0.25) is 0 Å². The number of rotatable bonds is 7. The van der Waals surface area contributed by atoms with E-state index in [0.29, 0.717) is 6.42 Å². The fraction of sp³-hybridized carbons (Fsp3) is 0.636. The number of carbonyl (C=O) groups excluding carboxylic acids is 1. The molecule has 0 aromatic rings. The lowest BCUT2D eigenvalue weighted by Gasteiger charge is -2.22. The molecule has 5 heteroatoms. The van der Waals surface area contributed by atoms with Crippen molar-refractivity contribution < 1.29 is 9.90 Å². The van der Waals surface area contributed by atoms with Gasteiger partial charge in [0.05, 0.1) is 6.04 Å². The molecule has 2 unspecified atom stereocenters. The van der Waals surface area contributed by atoms with Gasteiger partial charge in [-0.3, -0.25) is 0 Å². The number of carbonyl (C=O) groups is 1. The number of aliphatic hydroxyl groups is 1. The Labute approximate surface area is 97.9 Å². The van der Waals surface area contributed by atoms with E-state index in [4.69, 9.17) is 5.73 Å². The largest absolute Gasteiger partial charge is 0.511 e. The molecule has 0 spiro atoms. The Balaban J connectivity index is 4.27. The quantitative estimate of drug-likeness (QED) is 0.474. The summed E-state index contributed by atoms with van der Waals surface area (Å²) < 4.78 is 0. The molecule has 2 amide bonds. The number of nitrogens with two attached hydrogens (primary N) is 1. The highest BCUT2D eigenvalue weighted by molar-refractivity contribution is 7.73. The smallest absolute Gasteiger partial charge is 0.312 e. The maximum Gasteiger partial charge on any atom is 0.312 e. The zero-order chi connectivity index (χ0) is 12.8. The van der Waals surface area contributed by atoms with E-state index in [1.54, 1.807) is 0 Å². The highest BCUT2D eigenvalue weighted by atomic mass is 31.2. The summed E-state index contributed by atoms with van der Waals surface area (Å²) in [5.74, 6) is -0.0460. The van der Waals surface area contributed by atoms with Crippen LogP contribution in [0.25, 0.3) is 0 Å². The second-order valence-electron chi connectivity index (χ2n) is 4.41. The number of nitrogens with one attached hydrogen (secondary N) is 1. The van der Waals surface area contributed by atoms with Gasteiger partial charge in [0.25, 0.3) is 0 Å². The van der Waals surface area contributed by atoms with E-state index < -0.39 is 19.0 Å². The van der Waals surface area contributed by atoms with E-state index in [2.05, 4.69) is 31.8 Å². The number of hydrogen-bond donors (Lipinski definition) is 3. The molecule has 0 saturated carbocycles. The second-order valence-corrected chi connectivity index (χ2v) is 8.54. The summed E-state index contributed by atoms with van der Waals surface area (Å²) in [6.07, 6.45) is 8.01. The van der Waals surface area contributed by atoms with Crippen LogP contribution < -0.4 is 11.1 Å². The summed E-state index contributed by atoms with van der Waals surface area (Å²) in [4.78, 5) is 10.7. The maximum absolute atomic E-state index is 10.7. The topological polar surface area (TPSA) is 75.3 Å². The molecule has 4 nitrogen and oxygen atoms in total. The fourth-order valence-electron chi connectivity index (χ4n) is 1.59. The van der Waals surface area contributed by atoms with Crippen molar-refractivity contribution in [1.29, 1.82) is 0 Å². The third-order valence-corrected chi connectivity index (χ3v) is 5.30. The minimum Gasteiger partial charge on any atom is -0.511 e. The Morgan fingerprint density at radius 3 is 2.50 bits per heavy atom. The molecule has 4 N–H and O–H groups in total. The molecule has 16 heavy (non-hydrogen) atoms. The predicted octanol–water partition coefficient (Wildman–Crippen LogP) is 1.97. The minimum atomic E-state index is -1.17. The third-order valence-electron chi connectivity index (χ3n) is 2.44. The van der Waals surface area contributed by atoms with Crippen molar-refractivity contribution in [3.8, 4) is 0 Å². The zero-order valence-corrected chi connectivity index (χ0v) is 11.1. The van der Waals surface area contributed by atoms with Crippen LogP contribution in [-0.2, 0) is 0 Å². The molecule has 0 aliphatic rings. The molecule has 0 aromatic carbocycles. The van der Waals surface area contributed by atoms with Crippen LogP contribution in [0.4, 0.5) is 4.79 Å². The predicted molar refractivity (Wildman–Crippen MR) is 72.9 cm³/mol. The SMILES string of the molecule is C=C(O)C(CCP(=C)(C)CCC)NC(N)=O. The molecule has 2 atom stereocenters. The standard InChI is InChI=1S/C11H23N2O2P/c1-5-7-16(3,4)8-6-10(9(2)14)13-11(12)15/h10,14H,2-3,5-8H2,1,4H3,(H3,12,13,15). The Hall–Kier alpha value is -0.890. The molecular formula is C11H23N2O2P. The van der Waals surface area contributed by atoms with Crippen LogP contribution in [0.3, 0.4) is 0 Å². The number of urea groups is 1. The van der Waals surface area contributed by atoms with Gasteiger partial charge in [-0.15, -0.1) is 13.2 Å². The molecule has 0 aromatic heterocycles. The molecule has 0 aliphatic heterocycles. The zero-order valence-electron chi connectivity index (χ0n) is 10.2. The van der Waals surface area contributed by atoms with Crippen LogP contribution in [0.15, 0.2) is 12.3 Å². The summed E-state index contributed by atoms with van der Waals surface area (Å²) in [5, 5.41) is 11.8. The summed E-state index contributed by atoms with van der Waals surface area (Å²) in [5.41, 5.74) is 5.02. The van der Waals surface area contributed by atoms with Crippen molar-refractivity contribution in [1.82, 2.24) is 5.32 Å². The van der Waals surface area contributed by atoms with Crippen molar-refractivity contribution in [3.05, 3.63) is 12.3 Å². The summed E-state index contributed by atoms with van der Waals surface area (Å²) in [7, 11) is 0. The van der Waals surface area contributed by atoms with Gasteiger partial charge in [-0.1, -0.05) is 19.9 Å².